The molecular formula is C29H25F2N5O3. The van der Waals surface area contributed by atoms with Gasteiger partial charge in [0, 0.05) is 24.0 Å². The molecular weight excluding hydrogens is 504 g/mol. The molecule has 3 aromatic carbocycles. The van der Waals surface area contributed by atoms with Crippen LogP contribution in [0.4, 0.5) is 20.3 Å². The fourth-order valence-electron chi connectivity index (χ4n) is 4.76. The number of aromatic amines is 1. The Hall–Kier alpha value is -4.70. The van der Waals surface area contributed by atoms with Crippen molar-refractivity contribution in [3.05, 3.63) is 95.3 Å². The molecule has 0 amide bonds. The first-order valence-electron chi connectivity index (χ1n) is 12.5. The number of nitrogens with one attached hydrogen (secondary N) is 1. The van der Waals surface area contributed by atoms with Gasteiger partial charge in [0.05, 0.1) is 42.0 Å². The van der Waals surface area contributed by atoms with E-state index >= 15 is 0 Å². The second kappa shape index (κ2) is 9.88. The Morgan fingerprint density at radius 2 is 1.82 bits per heavy atom. The van der Waals surface area contributed by atoms with Crippen molar-refractivity contribution in [2.24, 2.45) is 0 Å². The molecule has 1 aliphatic rings. The summed E-state index contributed by atoms with van der Waals surface area (Å²) < 4.78 is 41.3. The highest BCUT2D eigenvalue weighted by Crippen LogP contribution is 2.31. The zero-order valence-corrected chi connectivity index (χ0v) is 21.1. The SMILES string of the molecule is Cc1cc(Oc2ccccc2F)ccc1-n1ncc(C(=O)c2cc3cc(F)c(N4CCOCC4)cc3[nH]2)c1N. The summed E-state index contributed by atoms with van der Waals surface area (Å²) in [6.45, 7) is 4.11. The van der Waals surface area contributed by atoms with E-state index in [0.29, 0.717) is 54.3 Å². The van der Waals surface area contributed by atoms with Crippen LogP contribution in [0, 0.1) is 18.6 Å². The summed E-state index contributed by atoms with van der Waals surface area (Å²) in [6, 6.07) is 16.1. The fourth-order valence-corrected chi connectivity index (χ4v) is 4.76. The minimum absolute atomic E-state index is 0.117. The Labute approximate surface area is 222 Å². The topological polar surface area (TPSA) is 98.4 Å². The number of H-pyrrole nitrogens is 1. The summed E-state index contributed by atoms with van der Waals surface area (Å²) in [6.07, 6.45) is 1.41. The Morgan fingerprint density at radius 3 is 2.59 bits per heavy atom. The molecule has 1 saturated heterocycles. The predicted octanol–water partition coefficient (Wildman–Crippen LogP) is 5.38. The minimum atomic E-state index is -0.462. The smallest absolute Gasteiger partial charge is 0.214 e. The number of nitrogens with two attached hydrogens (primary N) is 1. The maximum atomic E-state index is 14.9. The molecule has 198 valence electrons. The lowest BCUT2D eigenvalue weighted by atomic mass is 10.1. The molecule has 6 rings (SSSR count). The molecule has 3 heterocycles. The number of ketones is 1. The molecule has 0 saturated carbocycles. The highest BCUT2D eigenvalue weighted by Gasteiger charge is 2.22. The van der Waals surface area contributed by atoms with Crippen LogP contribution in [0.3, 0.4) is 0 Å². The molecule has 1 fully saturated rings. The standard InChI is InChI=1S/C29H25F2N5O3/c1-17-12-19(39-27-5-3-2-4-21(27)30)6-7-25(17)36-29(32)20(16-33-36)28(37)24-14-18-13-22(31)26(15-23(18)34-24)35-8-10-38-11-9-35/h2-7,12-16,34H,8-11,32H2,1H3. The van der Waals surface area contributed by atoms with Gasteiger partial charge in [0.15, 0.2) is 11.6 Å². The lowest BCUT2D eigenvalue weighted by Gasteiger charge is -2.29. The van der Waals surface area contributed by atoms with E-state index in [1.165, 1.54) is 23.0 Å². The Morgan fingerprint density at radius 1 is 1.03 bits per heavy atom. The molecule has 39 heavy (non-hydrogen) atoms. The number of halogens is 2. The first-order valence-corrected chi connectivity index (χ1v) is 12.5. The van der Waals surface area contributed by atoms with Crippen LogP contribution in [0.1, 0.15) is 21.6 Å². The van der Waals surface area contributed by atoms with Crippen LogP contribution in [0.15, 0.2) is 66.9 Å². The molecule has 10 heteroatoms. The van der Waals surface area contributed by atoms with Gasteiger partial charge in [-0.3, -0.25) is 4.79 Å². The number of para-hydroxylation sites is 1. The Balaban J connectivity index is 1.27. The van der Waals surface area contributed by atoms with Gasteiger partial charge >= 0.3 is 0 Å². The lowest BCUT2D eigenvalue weighted by molar-refractivity contribution is 0.103. The summed E-state index contributed by atoms with van der Waals surface area (Å²) in [5.74, 6) is -0.454. The first kappa shape index (κ1) is 24.6. The molecule has 8 nitrogen and oxygen atoms in total. The van der Waals surface area contributed by atoms with Crippen LogP contribution in [-0.4, -0.2) is 46.9 Å². The second-order valence-corrected chi connectivity index (χ2v) is 9.34. The largest absolute Gasteiger partial charge is 0.454 e. The van der Waals surface area contributed by atoms with Gasteiger partial charge in [0.2, 0.25) is 5.78 Å². The first-order chi connectivity index (χ1) is 18.9. The van der Waals surface area contributed by atoms with Gasteiger partial charge in [-0.25, -0.2) is 13.5 Å². The number of fused-ring (bicyclic) bond motifs is 1. The Bertz CT molecular complexity index is 1700. The van der Waals surface area contributed by atoms with Gasteiger partial charge in [-0.1, -0.05) is 12.1 Å². The third kappa shape index (κ3) is 4.59. The van der Waals surface area contributed by atoms with Crippen molar-refractivity contribution in [2.45, 2.75) is 6.92 Å². The van der Waals surface area contributed by atoms with Crippen molar-refractivity contribution in [1.29, 1.82) is 0 Å². The van der Waals surface area contributed by atoms with E-state index in [1.54, 1.807) is 48.5 Å². The lowest BCUT2D eigenvalue weighted by Crippen LogP contribution is -2.36. The number of nitrogens with zero attached hydrogens (tertiary/aromatic N) is 3. The van der Waals surface area contributed by atoms with Crippen molar-refractivity contribution < 1.29 is 23.0 Å². The molecule has 2 aromatic heterocycles. The van der Waals surface area contributed by atoms with Crippen molar-refractivity contribution in [2.75, 3.05) is 36.9 Å². The highest BCUT2D eigenvalue weighted by molar-refractivity contribution is 6.12. The number of benzene rings is 3. The average Bonchev–Trinajstić information content (AvgIpc) is 3.53. The zero-order valence-electron chi connectivity index (χ0n) is 21.1. The number of nitrogen functional groups attached to an aromatic ring is 1. The monoisotopic (exact) mass is 529 g/mol. The second-order valence-electron chi connectivity index (χ2n) is 9.34. The van der Waals surface area contributed by atoms with E-state index in [0.717, 1.165) is 5.56 Å². The van der Waals surface area contributed by atoms with E-state index in [9.17, 15) is 13.6 Å². The molecule has 0 bridgehead atoms. The molecule has 3 N–H and O–H groups in total. The minimum Gasteiger partial charge on any atom is -0.454 e. The van der Waals surface area contributed by atoms with Crippen molar-refractivity contribution in [3.63, 3.8) is 0 Å². The quantitative estimate of drug-likeness (QED) is 0.287. The molecule has 0 aliphatic carbocycles. The normalized spacial score (nSPS) is 13.7. The summed E-state index contributed by atoms with van der Waals surface area (Å²) in [4.78, 5) is 18.4. The number of morpholine rings is 1. The third-order valence-electron chi connectivity index (χ3n) is 6.80. The van der Waals surface area contributed by atoms with Crippen molar-refractivity contribution in [3.8, 4) is 17.2 Å². The zero-order chi connectivity index (χ0) is 27.1. The number of hydrogen-bond acceptors (Lipinski definition) is 6. The summed E-state index contributed by atoms with van der Waals surface area (Å²) in [5, 5.41) is 4.93. The van der Waals surface area contributed by atoms with Gasteiger partial charge in [0.25, 0.3) is 0 Å². The Kier molecular flexibility index (Phi) is 6.24. The fraction of sp³-hybridized carbons (Fsp3) is 0.172. The van der Waals surface area contributed by atoms with E-state index in [-0.39, 0.29) is 34.4 Å². The number of aryl methyl sites for hydroxylation is 1. The van der Waals surface area contributed by atoms with E-state index in [2.05, 4.69) is 10.1 Å². The molecule has 0 unspecified atom stereocenters. The number of hydrogen-bond donors (Lipinski definition) is 2. The number of carbonyl (C=O) groups excluding carboxylic acids is 1. The maximum absolute atomic E-state index is 14.9. The van der Waals surface area contributed by atoms with Crippen LogP contribution in [0.5, 0.6) is 11.5 Å². The van der Waals surface area contributed by atoms with Crippen LogP contribution in [-0.2, 0) is 4.74 Å². The number of carbonyl (C=O) groups is 1. The van der Waals surface area contributed by atoms with Crippen molar-refractivity contribution in [1.82, 2.24) is 14.8 Å². The highest BCUT2D eigenvalue weighted by atomic mass is 19.1. The average molecular weight is 530 g/mol. The molecule has 0 radical (unpaired) electrons. The van der Waals surface area contributed by atoms with Crippen LogP contribution < -0.4 is 15.4 Å². The van der Waals surface area contributed by atoms with Gasteiger partial charge in [-0.05, 0) is 61.0 Å². The summed E-state index contributed by atoms with van der Waals surface area (Å²) in [7, 11) is 0. The number of anilines is 2. The van der Waals surface area contributed by atoms with Crippen LogP contribution in [0.2, 0.25) is 0 Å². The third-order valence-corrected chi connectivity index (χ3v) is 6.80. The molecule has 0 atom stereocenters. The van der Waals surface area contributed by atoms with Gasteiger partial charge < -0.3 is 25.1 Å². The molecule has 1 aliphatic heterocycles. The molecule has 0 spiro atoms. The maximum Gasteiger partial charge on any atom is 0.214 e. The van der Waals surface area contributed by atoms with E-state index < -0.39 is 5.82 Å². The van der Waals surface area contributed by atoms with Crippen LogP contribution >= 0.6 is 0 Å². The van der Waals surface area contributed by atoms with Gasteiger partial charge in [-0.2, -0.15) is 5.10 Å². The summed E-state index contributed by atoms with van der Waals surface area (Å²) in [5.41, 5.74) is 9.37. The van der Waals surface area contributed by atoms with E-state index in [1.807, 2.05) is 11.8 Å². The number of ether oxygens (including phenoxy) is 2. The summed E-state index contributed by atoms with van der Waals surface area (Å²) >= 11 is 0. The molecule has 5 aromatic rings. The number of rotatable bonds is 6. The van der Waals surface area contributed by atoms with Gasteiger partial charge in [-0.15, -0.1) is 0 Å². The van der Waals surface area contributed by atoms with Gasteiger partial charge in [0.1, 0.15) is 17.4 Å². The number of aromatic nitrogens is 3. The van der Waals surface area contributed by atoms with E-state index in [4.69, 9.17) is 15.2 Å². The van der Waals surface area contributed by atoms with Crippen LogP contribution in [0.25, 0.3) is 16.6 Å². The predicted molar refractivity (Wildman–Crippen MR) is 144 cm³/mol. The van der Waals surface area contributed by atoms with Crippen molar-refractivity contribution >= 4 is 28.2 Å².